The van der Waals surface area contributed by atoms with Crippen LogP contribution in [0.4, 0.5) is 34.1 Å². The minimum Gasteiger partial charge on any atom is -0.494 e. The summed E-state index contributed by atoms with van der Waals surface area (Å²) in [6.07, 6.45) is 0. The van der Waals surface area contributed by atoms with Gasteiger partial charge in [0, 0.05) is 22.9 Å². The molecule has 0 aliphatic carbocycles. The molecule has 6 rings (SSSR count). The second-order valence-corrected chi connectivity index (χ2v) is 22.8. The van der Waals surface area contributed by atoms with Gasteiger partial charge in [0.25, 0.3) is 66.7 Å². The van der Waals surface area contributed by atoms with Gasteiger partial charge >= 0.3 is 0 Å². The molecule has 0 heterocycles. The predicted molar refractivity (Wildman–Crippen MR) is 244 cm³/mol. The molecule has 0 saturated carbocycles. The third-order valence-corrected chi connectivity index (χ3v) is 15.2. The van der Waals surface area contributed by atoms with Gasteiger partial charge in [-0.05, 0) is 96.4 Å². The van der Waals surface area contributed by atoms with Crippen LogP contribution < -0.4 is 14.8 Å². The number of amidine groups is 1. The lowest BCUT2D eigenvalue weighted by Gasteiger charge is -2.13. The van der Waals surface area contributed by atoms with Crippen LogP contribution in [-0.2, 0) is 60.7 Å². The second kappa shape index (κ2) is 18.6. The molecule has 70 heavy (non-hydrogen) atoms. The third kappa shape index (κ3) is 11.5. The number of methoxy groups -OCH3 is 2. The van der Waals surface area contributed by atoms with Gasteiger partial charge in [0.2, 0.25) is 0 Å². The predicted octanol–water partition coefficient (Wildman–Crippen LogP) is 6.60. The second-order valence-electron chi connectivity index (χ2n) is 14.4. The molecule has 0 amide bonds. The number of aliphatic imine (C=N–C) groups is 1. The first-order valence-corrected chi connectivity index (χ1v) is 27.1. The van der Waals surface area contributed by atoms with Gasteiger partial charge in [0.1, 0.15) is 36.8 Å². The van der Waals surface area contributed by atoms with Gasteiger partial charge in [0.05, 0.1) is 52.4 Å². The van der Waals surface area contributed by atoms with Crippen LogP contribution in [-0.4, -0.2) is 103 Å². The summed E-state index contributed by atoms with van der Waals surface area (Å²) >= 11 is 0. The normalized spacial score (nSPS) is 13.4. The van der Waals surface area contributed by atoms with Crippen LogP contribution in [0.2, 0.25) is 0 Å². The highest BCUT2D eigenvalue weighted by molar-refractivity contribution is 7.89. The summed E-state index contributed by atoms with van der Waals surface area (Å²) in [4.78, 5) is -2.77. The molecule has 372 valence electrons. The highest BCUT2D eigenvalue weighted by atomic mass is 32.2. The number of hydrogen-bond acceptors (Lipinski definition) is 19. The van der Waals surface area contributed by atoms with E-state index in [1.807, 2.05) is 0 Å². The van der Waals surface area contributed by atoms with Gasteiger partial charge in [-0.3, -0.25) is 27.3 Å². The summed E-state index contributed by atoms with van der Waals surface area (Å²) in [5.74, 6) is -0.0787. The van der Waals surface area contributed by atoms with Crippen molar-refractivity contribution in [1.29, 1.82) is 0 Å². The fraction of sp³-hybridized carbons (Fsp3) is 0.108. The Morgan fingerprint density at radius 2 is 0.786 bits per heavy atom. The Labute approximate surface area is 396 Å². The molecule has 6 aromatic rings. The topological polar surface area (TPSA) is 439 Å². The molecule has 0 saturated heterocycles. The lowest BCUT2D eigenvalue weighted by Crippen LogP contribution is -2.11. The molecule has 6 aromatic carbocycles. The number of hydrogen-bond donors (Lipinski definition) is 8. The third-order valence-electron chi connectivity index (χ3n) is 9.66. The standard InChI is InChI=1S/C37H32N6O21S6/c1-17-5-29(31(63-3)15-25(17)40-42-27-11-21(65(45,46)47)7-19-9-33(67(51,52)53)35(13-23(19)27)69(57,58)59)38-37(44)39-30-6-18(2)26(16-32(30)64-4)41-43-28-12-22(66(48,49)50)8-20-10-34(68(54,55)56)36(14-24(20)28)70(60,61)62/h5-16H,1-4H3,(H2,38,39,44)(H,45,46,47)(H,48,49,50)(H,51,52,53)(H,54,55,56)(H,57,58,59)(H,60,61,62). The van der Waals surface area contributed by atoms with Crippen molar-refractivity contribution < 1.29 is 92.4 Å². The highest BCUT2D eigenvalue weighted by Crippen LogP contribution is 2.41. The number of aryl methyl sites for hydroxylation is 2. The van der Waals surface area contributed by atoms with Crippen molar-refractivity contribution in [2.75, 3.05) is 19.5 Å². The quantitative estimate of drug-likeness (QED) is 0.0246. The molecular weight excluding hydrogens is 1060 g/mol. The molecule has 0 aliphatic rings. The number of nitrogens with one attached hydrogen (secondary N) is 1. The van der Waals surface area contributed by atoms with E-state index in [0.29, 0.717) is 24.3 Å². The Bertz CT molecular complexity index is 4030. The van der Waals surface area contributed by atoms with Crippen LogP contribution in [0.5, 0.6) is 11.5 Å². The smallest absolute Gasteiger partial charge is 0.295 e. The number of aliphatic hydroxyl groups excluding tert-OH is 1. The van der Waals surface area contributed by atoms with Gasteiger partial charge in [-0.25, -0.2) is 0 Å². The molecule has 0 unspecified atom stereocenters. The van der Waals surface area contributed by atoms with Gasteiger partial charge in [0.15, 0.2) is 0 Å². The Balaban J connectivity index is 1.36. The molecule has 0 atom stereocenters. The summed E-state index contributed by atoms with van der Waals surface area (Å²) in [5, 5.41) is 28.3. The summed E-state index contributed by atoms with van der Waals surface area (Å²) in [6, 6.07) is 9.74. The van der Waals surface area contributed by atoms with Crippen LogP contribution in [0.1, 0.15) is 11.1 Å². The average molecular weight is 1090 g/mol. The SMILES string of the molecule is COc1cc(N=Nc2cc(S(=O)(=O)O)cc3cc(S(=O)(=O)O)c(S(=O)(=O)O)cc23)c(C)cc1N=C(O)Nc1cc(C)c(N=Nc2cc(S(=O)(=O)O)cc3cc(S(=O)(=O)O)c(S(=O)(=O)O)cc23)cc1OC. The lowest BCUT2D eigenvalue weighted by molar-refractivity contribution is 0.415. The maximum Gasteiger partial charge on any atom is 0.295 e. The van der Waals surface area contributed by atoms with Crippen molar-refractivity contribution in [1.82, 2.24) is 0 Å². The van der Waals surface area contributed by atoms with E-state index in [1.54, 1.807) is 0 Å². The van der Waals surface area contributed by atoms with E-state index in [4.69, 9.17) is 9.47 Å². The van der Waals surface area contributed by atoms with E-state index in [2.05, 4.69) is 30.8 Å². The monoisotopic (exact) mass is 1090 g/mol. The maximum absolute atomic E-state index is 12.1. The van der Waals surface area contributed by atoms with E-state index in [1.165, 1.54) is 52.3 Å². The molecule has 0 spiro atoms. The Kier molecular flexibility index (Phi) is 14.0. The number of fused-ring (bicyclic) bond motifs is 2. The number of ether oxygens (including phenoxy) is 2. The van der Waals surface area contributed by atoms with E-state index >= 15 is 0 Å². The van der Waals surface area contributed by atoms with Gasteiger partial charge in [-0.15, -0.1) is 10.2 Å². The largest absolute Gasteiger partial charge is 0.494 e. The number of nitrogens with zero attached hydrogens (tertiary/aromatic N) is 5. The average Bonchev–Trinajstić information content (AvgIpc) is 3.22. The Morgan fingerprint density at radius 3 is 1.16 bits per heavy atom. The van der Waals surface area contributed by atoms with Crippen molar-refractivity contribution in [3.63, 3.8) is 0 Å². The molecule has 0 fully saturated rings. The first-order valence-electron chi connectivity index (χ1n) is 18.4. The maximum atomic E-state index is 12.1. The van der Waals surface area contributed by atoms with E-state index in [0.717, 1.165) is 24.3 Å². The zero-order valence-electron chi connectivity index (χ0n) is 35.5. The molecule has 0 aliphatic heterocycles. The highest BCUT2D eigenvalue weighted by Gasteiger charge is 2.28. The molecular formula is C37H32N6O21S6. The summed E-state index contributed by atoms with van der Waals surface area (Å²) < 4.78 is 214. The fourth-order valence-electron chi connectivity index (χ4n) is 6.47. The number of benzene rings is 6. The van der Waals surface area contributed by atoms with Crippen LogP contribution in [0.25, 0.3) is 21.5 Å². The van der Waals surface area contributed by atoms with Crippen LogP contribution >= 0.6 is 0 Å². The minimum absolute atomic E-state index is 0.000279. The number of anilines is 1. The molecule has 8 N–H and O–H groups in total. The van der Waals surface area contributed by atoms with Gasteiger partial charge in [-0.2, -0.15) is 65.7 Å². The van der Waals surface area contributed by atoms with Crippen molar-refractivity contribution in [2.45, 2.75) is 43.2 Å². The fourth-order valence-corrected chi connectivity index (χ4v) is 11.1. The van der Waals surface area contributed by atoms with Crippen LogP contribution in [0, 0.1) is 13.8 Å². The summed E-state index contributed by atoms with van der Waals surface area (Å²) in [6.45, 7) is 2.99. The molecule has 33 heteroatoms. The van der Waals surface area contributed by atoms with E-state index in [-0.39, 0.29) is 66.9 Å². The van der Waals surface area contributed by atoms with Crippen molar-refractivity contribution in [2.24, 2.45) is 25.4 Å². The number of rotatable bonds is 14. The lowest BCUT2D eigenvalue weighted by atomic mass is 10.1. The zero-order chi connectivity index (χ0) is 52.3. The van der Waals surface area contributed by atoms with Crippen molar-refractivity contribution >= 4 is 122 Å². The Morgan fingerprint density at radius 1 is 0.429 bits per heavy atom. The number of azo groups is 2. The summed E-state index contributed by atoms with van der Waals surface area (Å²) in [5.41, 5.74) is -0.337. The molecule has 27 nitrogen and oxygen atoms in total. The van der Waals surface area contributed by atoms with Crippen LogP contribution in [0.15, 0.2) is 128 Å². The molecule has 0 aromatic heterocycles. The van der Waals surface area contributed by atoms with Crippen molar-refractivity contribution in [3.05, 3.63) is 83.9 Å². The van der Waals surface area contributed by atoms with E-state index < -0.39 is 107 Å². The Hall–Kier alpha value is -6.63. The number of aliphatic hydroxyl groups is 1. The minimum atomic E-state index is -5.33. The molecule has 0 radical (unpaired) electrons. The first kappa shape index (κ1) is 52.7. The first-order chi connectivity index (χ1) is 32.1. The summed E-state index contributed by atoms with van der Waals surface area (Å²) in [7, 11) is -28.9. The van der Waals surface area contributed by atoms with E-state index in [9.17, 15) is 82.9 Å². The van der Waals surface area contributed by atoms with Crippen molar-refractivity contribution in [3.8, 4) is 11.5 Å². The van der Waals surface area contributed by atoms with Crippen LogP contribution in [0.3, 0.4) is 0 Å². The van der Waals surface area contributed by atoms with Gasteiger partial charge in [-0.1, -0.05) is 0 Å². The zero-order valence-corrected chi connectivity index (χ0v) is 40.4. The van der Waals surface area contributed by atoms with Gasteiger partial charge < -0.3 is 19.9 Å². The molecule has 0 bridgehead atoms.